The Hall–Kier alpha value is -2.91. The monoisotopic (exact) mass is 412 g/mol. The van der Waals surface area contributed by atoms with Gasteiger partial charge in [-0.1, -0.05) is 12.1 Å². The van der Waals surface area contributed by atoms with E-state index in [9.17, 15) is 9.59 Å². The van der Waals surface area contributed by atoms with Crippen molar-refractivity contribution < 1.29 is 19.1 Å². The third-order valence-electron chi connectivity index (χ3n) is 4.59. The van der Waals surface area contributed by atoms with Crippen molar-refractivity contribution in [1.29, 1.82) is 0 Å². The molecule has 2 aromatic rings. The highest BCUT2D eigenvalue weighted by Crippen LogP contribution is 2.28. The molecule has 0 saturated carbocycles. The predicted molar refractivity (Wildman–Crippen MR) is 109 cm³/mol. The van der Waals surface area contributed by atoms with Crippen LogP contribution < -0.4 is 14.8 Å². The number of nitrogens with zero attached hydrogens (tertiary/aromatic N) is 3. The van der Waals surface area contributed by atoms with E-state index in [2.05, 4.69) is 27.2 Å². The van der Waals surface area contributed by atoms with Crippen LogP contribution in [0.3, 0.4) is 0 Å². The number of carbonyl (C=O) groups is 2. The van der Waals surface area contributed by atoms with Crippen LogP contribution in [-0.2, 0) is 4.79 Å². The van der Waals surface area contributed by atoms with Gasteiger partial charge in [0.1, 0.15) is 18.2 Å². The average Bonchev–Trinajstić information content (AvgIpc) is 3.01. The lowest BCUT2D eigenvalue weighted by Gasteiger charge is -2.28. The minimum absolute atomic E-state index is 0.140. The summed E-state index contributed by atoms with van der Waals surface area (Å²) in [7, 11) is 2.10. The summed E-state index contributed by atoms with van der Waals surface area (Å²) >= 11 is 0.877. The first-order valence-electron chi connectivity index (χ1n) is 9.25. The molecule has 4 rings (SSSR count). The Balaban J connectivity index is 1.44. The standard InChI is InChI=1S/C20H20N4O4S/c1-24-7-5-14(6-8-24)27-17-11-18(22-12-21-17)28-15-4-2-3-13(9-15)10-16-19(25)23-20(26)29-16/h2-4,9-12,14H,5-8H2,1H3,(H,23,25,26)/b16-10-. The van der Waals surface area contributed by atoms with E-state index < -0.39 is 5.91 Å². The highest BCUT2D eigenvalue weighted by atomic mass is 32.2. The summed E-state index contributed by atoms with van der Waals surface area (Å²) < 4.78 is 11.8. The van der Waals surface area contributed by atoms with Crippen molar-refractivity contribution in [2.24, 2.45) is 0 Å². The molecule has 0 spiro atoms. The predicted octanol–water partition coefficient (Wildman–Crippen LogP) is 3.07. The molecule has 2 saturated heterocycles. The highest BCUT2D eigenvalue weighted by Gasteiger charge is 2.25. The first-order chi connectivity index (χ1) is 14.0. The Labute approximate surface area is 172 Å². The highest BCUT2D eigenvalue weighted by molar-refractivity contribution is 8.18. The van der Waals surface area contributed by atoms with Gasteiger partial charge in [-0.05, 0) is 55.4 Å². The molecule has 8 nitrogen and oxygen atoms in total. The van der Waals surface area contributed by atoms with E-state index in [0.717, 1.165) is 43.3 Å². The number of nitrogens with one attached hydrogen (secondary N) is 1. The summed E-state index contributed by atoms with van der Waals surface area (Å²) in [6, 6.07) is 8.85. The molecule has 2 aliphatic rings. The fourth-order valence-corrected chi connectivity index (χ4v) is 3.76. The molecule has 2 amide bonds. The van der Waals surface area contributed by atoms with Crippen LogP contribution >= 0.6 is 11.8 Å². The normalized spacial score (nSPS) is 19.4. The fraction of sp³-hybridized carbons (Fsp3) is 0.300. The van der Waals surface area contributed by atoms with Crippen LogP contribution in [0.25, 0.3) is 6.08 Å². The van der Waals surface area contributed by atoms with E-state index >= 15 is 0 Å². The number of amides is 2. The largest absolute Gasteiger partial charge is 0.474 e. The van der Waals surface area contributed by atoms with Crippen LogP contribution in [0.15, 0.2) is 41.6 Å². The molecule has 0 aliphatic carbocycles. The zero-order chi connectivity index (χ0) is 20.2. The van der Waals surface area contributed by atoms with E-state index in [4.69, 9.17) is 9.47 Å². The van der Waals surface area contributed by atoms with E-state index in [1.54, 1.807) is 30.3 Å². The first kappa shape index (κ1) is 19.4. The number of piperidine rings is 1. The summed E-state index contributed by atoms with van der Waals surface area (Å²) in [5, 5.41) is 1.87. The first-order valence-corrected chi connectivity index (χ1v) is 10.1. The zero-order valence-electron chi connectivity index (χ0n) is 15.8. The third-order valence-corrected chi connectivity index (χ3v) is 5.40. The quantitative estimate of drug-likeness (QED) is 0.749. The minimum Gasteiger partial charge on any atom is -0.474 e. The molecule has 0 unspecified atom stereocenters. The lowest BCUT2D eigenvalue weighted by atomic mass is 10.1. The van der Waals surface area contributed by atoms with Crippen molar-refractivity contribution >= 4 is 29.0 Å². The van der Waals surface area contributed by atoms with Crippen LogP contribution in [0.4, 0.5) is 4.79 Å². The van der Waals surface area contributed by atoms with Crippen molar-refractivity contribution in [2.45, 2.75) is 18.9 Å². The molecule has 0 bridgehead atoms. The maximum absolute atomic E-state index is 11.7. The van der Waals surface area contributed by atoms with Gasteiger partial charge in [0.25, 0.3) is 11.1 Å². The second kappa shape index (κ2) is 8.62. The van der Waals surface area contributed by atoms with Gasteiger partial charge < -0.3 is 14.4 Å². The van der Waals surface area contributed by atoms with E-state index in [1.165, 1.54) is 6.33 Å². The Bertz CT molecular complexity index is 957. The van der Waals surface area contributed by atoms with E-state index in [-0.39, 0.29) is 11.3 Å². The zero-order valence-corrected chi connectivity index (χ0v) is 16.6. The Morgan fingerprint density at radius 3 is 2.72 bits per heavy atom. The molecule has 2 aliphatic heterocycles. The van der Waals surface area contributed by atoms with Gasteiger partial charge in [0.05, 0.1) is 11.0 Å². The second-order valence-electron chi connectivity index (χ2n) is 6.84. The summed E-state index contributed by atoms with van der Waals surface area (Å²) in [6.45, 7) is 2.01. The number of benzene rings is 1. The SMILES string of the molecule is CN1CCC(Oc2cc(Oc3cccc(/C=C4\SC(=O)NC4=O)c3)ncn2)CC1. The number of thioether (sulfide) groups is 1. The van der Waals surface area contributed by atoms with Gasteiger partial charge in [-0.25, -0.2) is 9.97 Å². The number of rotatable bonds is 5. The molecule has 2 fully saturated rings. The van der Waals surface area contributed by atoms with Crippen molar-refractivity contribution in [3.8, 4) is 17.5 Å². The van der Waals surface area contributed by atoms with Crippen molar-refractivity contribution in [2.75, 3.05) is 20.1 Å². The third kappa shape index (κ3) is 5.12. The van der Waals surface area contributed by atoms with Gasteiger partial charge in [-0.15, -0.1) is 0 Å². The Kier molecular flexibility index (Phi) is 5.77. The van der Waals surface area contributed by atoms with Crippen molar-refractivity contribution in [3.63, 3.8) is 0 Å². The molecule has 0 radical (unpaired) electrons. The number of carbonyl (C=O) groups excluding carboxylic acids is 2. The van der Waals surface area contributed by atoms with Crippen LogP contribution in [0, 0.1) is 0 Å². The number of aromatic nitrogens is 2. The van der Waals surface area contributed by atoms with Crippen LogP contribution in [0.5, 0.6) is 17.5 Å². The molecular weight excluding hydrogens is 392 g/mol. The van der Waals surface area contributed by atoms with Gasteiger partial charge in [-0.2, -0.15) is 0 Å². The number of ether oxygens (including phenoxy) is 2. The van der Waals surface area contributed by atoms with Crippen LogP contribution in [0.1, 0.15) is 18.4 Å². The van der Waals surface area contributed by atoms with Gasteiger partial charge in [-0.3, -0.25) is 14.9 Å². The molecule has 1 aromatic heterocycles. The lowest BCUT2D eigenvalue weighted by Crippen LogP contribution is -2.35. The minimum atomic E-state index is -0.391. The summed E-state index contributed by atoms with van der Waals surface area (Å²) in [6.07, 6.45) is 5.12. The number of likely N-dealkylation sites (tertiary alicyclic amines) is 1. The van der Waals surface area contributed by atoms with Crippen LogP contribution in [-0.4, -0.2) is 52.3 Å². The maximum Gasteiger partial charge on any atom is 0.290 e. The van der Waals surface area contributed by atoms with Crippen molar-refractivity contribution in [3.05, 3.63) is 47.1 Å². The second-order valence-corrected chi connectivity index (χ2v) is 7.86. The number of imide groups is 1. The van der Waals surface area contributed by atoms with Gasteiger partial charge in [0, 0.05) is 13.1 Å². The topological polar surface area (TPSA) is 93.7 Å². The molecule has 150 valence electrons. The summed E-state index contributed by atoms with van der Waals surface area (Å²) in [5.74, 6) is 1.02. The van der Waals surface area contributed by atoms with Crippen molar-refractivity contribution in [1.82, 2.24) is 20.2 Å². The van der Waals surface area contributed by atoms with Gasteiger partial charge in [0.2, 0.25) is 11.8 Å². The number of hydrogen-bond donors (Lipinski definition) is 1. The lowest BCUT2D eigenvalue weighted by molar-refractivity contribution is -0.115. The summed E-state index contributed by atoms with van der Waals surface area (Å²) in [5.41, 5.74) is 0.742. The van der Waals surface area contributed by atoms with Crippen LogP contribution in [0.2, 0.25) is 0 Å². The Morgan fingerprint density at radius 1 is 1.17 bits per heavy atom. The fourth-order valence-electron chi connectivity index (χ4n) is 3.08. The molecule has 3 heterocycles. The maximum atomic E-state index is 11.7. The van der Waals surface area contributed by atoms with E-state index in [1.807, 2.05) is 6.07 Å². The Morgan fingerprint density at radius 2 is 1.97 bits per heavy atom. The smallest absolute Gasteiger partial charge is 0.290 e. The van der Waals surface area contributed by atoms with Gasteiger partial charge in [0.15, 0.2) is 0 Å². The molecule has 0 atom stereocenters. The number of hydrogen-bond acceptors (Lipinski definition) is 8. The molecular formula is C20H20N4O4S. The van der Waals surface area contributed by atoms with Gasteiger partial charge >= 0.3 is 0 Å². The van der Waals surface area contributed by atoms with E-state index in [0.29, 0.717) is 22.4 Å². The molecule has 1 N–H and O–H groups in total. The molecule has 1 aromatic carbocycles. The molecule has 9 heteroatoms. The summed E-state index contributed by atoms with van der Waals surface area (Å²) in [4.78, 5) is 33.9. The molecule has 29 heavy (non-hydrogen) atoms. The average molecular weight is 412 g/mol.